The van der Waals surface area contributed by atoms with Crippen LogP contribution in [-0.2, 0) is 0 Å². The van der Waals surface area contributed by atoms with Crippen LogP contribution in [0.25, 0.3) is 0 Å². The van der Waals surface area contributed by atoms with Gasteiger partial charge in [-0.2, -0.15) is 0 Å². The van der Waals surface area contributed by atoms with Crippen molar-refractivity contribution in [3.8, 4) is 0 Å². The van der Waals surface area contributed by atoms with E-state index in [-0.39, 0.29) is 6.10 Å². The second-order valence-corrected chi connectivity index (χ2v) is 13.6. The normalized spacial score (nSPS) is 49.9. The first-order valence-corrected chi connectivity index (χ1v) is 13.9. The summed E-state index contributed by atoms with van der Waals surface area (Å²) in [5.41, 5.74) is 2.64. The van der Waals surface area contributed by atoms with E-state index in [4.69, 9.17) is 0 Å². The molecule has 0 aliphatic heterocycles. The number of fused-ring (bicyclic) bond motifs is 5. The summed E-state index contributed by atoms with van der Waals surface area (Å²) in [6.45, 7) is 19.7. The first-order valence-electron chi connectivity index (χ1n) is 13.9. The Labute approximate surface area is 193 Å². The summed E-state index contributed by atoms with van der Waals surface area (Å²) in [7, 11) is 0. The minimum Gasteiger partial charge on any atom is -0.393 e. The van der Waals surface area contributed by atoms with Crippen LogP contribution in [0.4, 0.5) is 0 Å². The summed E-state index contributed by atoms with van der Waals surface area (Å²) in [5.74, 6) is 7.05. The third-order valence-corrected chi connectivity index (χ3v) is 12.1. The Balaban J connectivity index is 1.53. The van der Waals surface area contributed by atoms with Crippen LogP contribution < -0.4 is 0 Å². The number of hydrogen-bond acceptors (Lipinski definition) is 1. The molecule has 4 rings (SSSR count). The highest BCUT2D eigenvalue weighted by molar-refractivity contribution is 5.13. The third kappa shape index (κ3) is 3.77. The van der Waals surface area contributed by atoms with E-state index in [2.05, 4.69) is 61.5 Å². The van der Waals surface area contributed by atoms with Crippen LogP contribution in [0.15, 0.2) is 11.6 Å². The minimum absolute atomic E-state index is 0.0524. The zero-order valence-electron chi connectivity index (χ0n) is 22.0. The van der Waals surface area contributed by atoms with Crippen molar-refractivity contribution in [1.82, 2.24) is 0 Å². The topological polar surface area (TPSA) is 20.2 Å². The Kier molecular flexibility index (Phi) is 6.53. The van der Waals surface area contributed by atoms with Crippen LogP contribution in [0.3, 0.4) is 0 Å². The Morgan fingerprint density at radius 3 is 2.13 bits per heavy atom. The number of allylic oxidation sites excluding steroid dienone is 2. The number of rotatable bonds is 4. The lowest BCUT2D eigenvalue weighted by Gasteiger charge is -2.62. The second kappa shape index (κ2) is 8.48. The lowest BCUT2D eigenvalue weighted by Crippen LogP contribution is -2.56. The first-order chi connectivity index (χ1) is 14.5. The van der Waals surface area contributed by atoms with E-state index in [9.17, 15) is 5.11 Å². The van der Waals surface area contributed by atoms with Gasteiger partial charge in [0.05, 0.1) is 6.10 Å². The zero-order valence-corrected chi connectivity index (χ0v) is 22.0. The predicted octanol–water partition coefficient (Wildman–Crippen LogP) is 8.13. The minimum atomic E-state index is -0.0524. The largest absolute Gasteiger partial charge is 0.393 e. The van der Waals surface area contributed by atoms with E-state index in [1.807, 2.05) is 0 Å². The number of hydrogen-bond donors (Lipinski definition) is 1. The molecule has 0 spiro atoms. The van der Waals surface area contributed by atoms with E-state index in [1.54, 1.807) is 5.57 Å². The Bertz CT molecular complexity index is 678. The van der Waals surface area contributed by atoms with Crippen molar-refractivity contribution in [2.45, 2.75) is 113 Å². The molecule has 1 heteroatoms. The van der Waals surface area contributed by atoms with Crippen molar-refractivity contribution in [2.75, 3.05) is 0 Å². The van der Waals surface area contributed by atoms with E-state index >= 15 is 0 Å². The molecule has 1 nitrogen and oxygen atoms in total. The van der Waals surface area contributed by atoms with Crippen LogP contribution in [0.1, 0.15) is 107 Å². The highest BCUT2D eigenvalue weighted by Crippen LogP contribution is 2.68. The molecule has 0 aromatic heterocycles. The second-order valence-electron chi connectivity index (χ2n) is 13.6. The molecule has 178 valence electrons. The molecule has 4 aliphatic carbocycles. The standard InChI is InChI=1S/C30H52O/c1-18(2)21(5)19(3)17-20(4)24-11-12-26-23-9-10-25-22(6)28(31)14-16-30(25,8)27(23)13-15-29(24,26)7/h17-18,20-28,31H,9-16H2,1-8H3/b19-17+/t20-,21-,22+,23+,24-,25?,26+,27+,28+,29-,30+/m1/s1. The average molecular weight is 429 g/mol. The average Bonchev–Trinajstić information content (AvgIpc) is 3.07. The van der Waals surface area contributed by atoms with E-state index < -0.39 is 0 Å². The molecule has 0 amide bonds. The van der Waals surface area contributed by atoms with Crippen LogP contribution in [0.5, 0.6) is 0 Å². The number of aliphatic hydroxyl groups excluding tert-OH is 1. The molecule has 1 N–H and O–H groups in total. The van der Waals surface area contributed by atoms with Crippen LogP contribution in [0, 0.1) is 64.1 Å². The lowest BCUT2D eigenvalue weighted by molar-refractivity contribution is -0.148. The van der Waals surface area contributed by atoms with Gasteiger partial charge in [-0.15, -0.1) is 0 Å². The number of aliphatic hydroxyl groups is 1. The third-order valence-electron chi connectivity index (χ3n) is 12.1. The summed E-state index contributed by atoms with van der Waals surface area (Å²) in [4.78, 5) is 0. The fourth-order valence-corrected chi connectivity index (χ4v) is 9.82. The molecule has 1 unspecified atom stereocenters. The molecule has 0 radical (unpaired) electrons. The monoisotopic (exact) mass is 428 g/mol. The smallest absolute Gasteiger partial charge is 0.0568 e. The summed E-state index contributed by atoms with van der Waals surface area (Å²) < 4.78 is 0. The van der Waals surface area contributed by atoms with E-state index in [0.717, 1.165) is 41.9 Å². The Morgan fingerprint density at radius 1 is 0.839 bits per heavy atom. The Hall–Kier alpha value is -0.300. The maximum absolute atomic E-state index is 10.6. The first kappa shape index (κ1) is 23.8. The van der Waals surface area contributed by atoms with Gasteiger partial charge in [0.15, 0.2) is 0 Å². The van der Waals surface area contributed by atoms with Gasteiger partial charge in [-0.05, 0) is 122 Å². The summed E-state index contributed by atoms with van der Waals surface area (Å²) in [5, 5.41) is 10.6. The maximum Gasteiger partial charge on any atom is 0.0568 e. The van der Waals surface area contributed by atoms with Gasteiger partial charge < -0.3 is 5.11 Å². The molecule has 0 aromatic rings. The predicted molar refractivity (Wildman–Crippen MR) is 133 cm³/mol. The molecule has 11 atom stereocenters. The van der Waals surface area contributed by atoms with Crippen molar-refractivity contribution >= 4 is 0 Å². The maximum atomic E-state index is 10.6. The Morgan fingerprint density at radius 2 is 1.45 bits per heavy atom. The zero-order chi connectivity index (χ0) is 22.7. The van der Waals surface area contributed by atoms with Gasteiger partial charge in [0, 0.05) is 0 Å². The van der Waals surface area contributed by atoms with Gasteiger partial charge in [0.2, 0.25) is 0 Å². The van der Waals surface area contributed by atoms with Crippen molar-refractivity contribution in [2.24, 2.45) is 64.1 Å². The van der Waals surface area contributed by atoms with Crippen LogP contribution in [0.2, 0.25) is 0 Å². The highest BCUT2D eigenvalue weighted by atomic mass is 16.3. The molecule has 0 bridgehead atoms. The SMILES string of the molecule is C/C(=C\[C@@H](C)[C@H]1CC[C@H]2[C@@H]3CCC4[C@H](C)[C@@H](O)CC[C@]4(C)[C@H]3CC[C@]12C)[C@H](C)C(C)C. The van der Waals surface area contributed by atoms with E-state index in [0.29, 0.717) is 28.6 Å². The molecule has 4 saturated carbocycles. The van der Waals surface area contributed by atoms with Gasteiger partial charge in [0.1, 0.15) is 0 Å². The molecular formula is C30H52O. The van der Waals surface area contributed by atoms with Crippen LogP contribution >= 0.6 is 0 Å². The summed E-state index contributed by atoms with van der Waals surface area (Å²) >= 11 is 0. The van der Waals surface area contributed by atoms with Crippen molar-refractivity contribution in [3.63, 3.8) is 0 Å². The molecule has 0 heterocycles. The fourth-order valence-electron chi connectivity index (χ4n) is 9.82. The van der Waals surface area contributed by atoms with Gasteiger partial charge in [-0.1, -0.05) is 60.1 Å². The molecule has 4 aliphatic rings. The fraction of sp³-hybridized carbons (Fsp3) is 0.933. The van der Waals surface area contributed by atoms with Gasteiger partial charge >= 0.3 is 0 Å². The molecule has 31 heavy (non-hydrogen) atoms. The van der Waals surface area contributed by atoms with Crippen molar-refractivity contribution in [3.05, 3.63) is 11.6 Å². The molecule has 4 fully saturated rings. The summed E-state index contributed by atoms with van der Waals surface area (Å²) in [6.07, 6.45) is 13.5. The quantitative estimate of drug-likeness (QED) is 0.448. The van der Waals surface area contributed by atoms with Crippen molar-refractivity contribution < 1.29 is 5.11 Å². The molecule has 0 saturated heterocycles. The van der Waals surface area contributed by atoms with Gasteiger partial charge in [-0.3, -0.25) is 0 Å². The van der Waals surface area contributed by atoms with Gasteiger partial charge in [0.25, 0.3) is 0 Å². The molecular weight excluding hydrogens is 376 g/mol. The molecule has 0 aromatic carbocycles. The lowest BCUT2D eigenvalue weighted by atomic mass is 9.43. The van der Waals surface area contributed by atoms with E-state index in [1.165, 1.54) is 44.9 Å². The highest BCUT2D eigenvalue weighted by Gasteiger charge is 2.61. The summed E-state index contributed by atoms with van der Waals surface area (Å²) in [6, 6.07) is 0. The van der Waals surface area contributed by atoms with Gasteiger partial charge in [-0.25, -0.2) is 0 Å². The van der Waals surface area contributed by atoms with Crippen LogP contribution in [-0.4, -0.2) is 11.2 Å². The van der Waals surface area contributed by atoms with Crippen molar-refractivity contribution in [1.29, 1.82) is 0 Å².